The van der Waals surface area contributed by atoms with Crippen molar-refractivity contribution in [1.29, 1.82) is 0 Å². The summed E-state index contributed by atoms with van der Waals surface area (Å²) in [6, 6.07) is 15.7. The zero-order chi connectivity index (χ0) is 13.9. The van der Waals surface area contributed by atoms with Crippen LogP contribution in [0.3, 0.4) is 0 Å². The van der Waals surface area contributed by atoms with Crippen LogP contribution in [-0.2, 0) is 4.79 Å². The Morgan fingerprint density at radius 2 is 1.45 bits per heavy atom. The molecule has 0 fully saturated rings. The molecule has 1 aliphatic rings. The van der Waals surface area contributed by atoms with Crippen LogP contribution in [0.4, 0.5) is 11.4 Å². The molecule has 1 aliphatic heterocycles. The molecule has 0 aromatic heterocycles. The summed E-state index contributed by atoms with van der Waals surface area (Å²) >= 11 is 0. The number of hydrogen-bond donors (Lipinski definition) is 2. The molecule has 3 rings (SSSR count). The Labute approximate surface area is 116 Å². The number of nitrogens with one attached hydrogen (secondary N) is 1. The van der Waals surface area contributed by atoms with Crippen LogP contribution in [0.5, 0.6) is 0 Å². The molecule has 20 heavy (non-hydrogen) atoms. The van der Waals surface area contributed by atoms with Crippen molar-refractivity contribution in [2.45, 2.75) is 0 Å². The molecule has 1 heterocycles. The normalized spacial score (nSPS) is 12.3. The summed E-state index contributed by atoms with van der Waals surface area (Å²) in [7, 11) is 0. The average Bonchev–Trinajstić information content (AvgIpc) is 2.65. The standard InChI is InChI=1S/C16H14N2O2/c19-16(17-20)11-18-14-7-3-1-5-12(14)9-10-13-6-2-4-8-15(13)18/h1-10,20H,11H2,(H,17,19). The topological polar surface area (TPSA) is 52.6 Å². The summed E-state index contributed by atoms with van der Waals surface area (Å²) in [5, 5.41) is 8.79. The van der Waals surface area contributed by atoms with Gasteiger partial charge in [0, 0.05) is 11.4 Å². The number of para-hydroxylation sites is 2. The summed E-state index contributed by atoms with van der Waals surface area (Å²) in [5.74, 6) is -0.448. The van der Waals surface area contributed by atoms with E-state index in [1.54, 1.807) is 5.48 Å². The molecule has 0 bridgehead atoms. The lowest BCUT2D eigenvalue weighted by Gasteiger charge is -2.25. The van der Waals surface area contributed by atoms with Gasteiger partial charge in [-0.2, -0.15) is 0 Å². The number of benzene rings is 2. The van der Waals surface area contributed by atoms with Crippen LogP contribution in [0.25, 0.3) is 12.2 Å². The highest BCUT2D eigenvalue weighted by atomic mass is 16.5. The molecule has 1 amide bonds. The molecular weight excluding hydrogens is 252 g/mol. The second-order valence-corrected chi connectivity index (χ2v) is 4.57. The van der Waals surface area contributed by atoms with Gasteiger partial charge in [0.15, 0.2) is 0 Å². The van der Waals surface area contributed by atoms with Gasteiger partial charge in [0.1, 0.15) is 6.54 Å². The molecule has 4 heteroatoms. The Morgan fingerprint density at radius 1 is 0.950 bits per heavy atom. The summed E-state index contributed by atoms with van der Waals surface area (Å²) in [4.78, 5) is 13.5. The minimum absolute atomic E-state index is 0.0617. The van der Waals surface area contributed by atoms with Crippen molar-refractivity contribution in [2.75, 3.05) is 11.4 Å². The van der Waals surface area contributed by atoms with Crippen molar-refractivity contribution in [3.63, 3.8) is 0 Å². The van der Waals surface area contributed by atoms with E-state index in [2.05, 4.69) is 0 Å². The van der Waals surface area contributed by atoms with Crippen LogP contribution in [0, 0.1) is 0 Å². The Bertz CT molecular complexity index is 630. The molecule has 0 unspecified atom stereocenters. The first-order valence-electron chi connectivity index (χ1n) is 6.36. The molecule has 2 aromatic carbocycles. The third kappa shape index (κ3) is 2.17. The average molecular weight is 266 g/mol. The van der Waals surface area contributed by atoms with Gasteiger partial charge in [-0.1, -0.05) is 48.6 Å². The summed E-state index contributed by atoms with van der Waals surface area (Å²) in [6.07, 6.45) is 4.07. The predicted molar refractivity (Wildman–Crippen MR) is 78.7 cm³/mol. The number of carbonyl (C=O) groups is 1. The lowest BCUT2D eigenvalue weighted by Crippen LogP contribution is -2.33. The monoisotopic (exact) mass is 266 g/mol. The van der Waals surface area contributed by atoms with Crippen molar-refractivity contribution >= 4 is 29.4 Å². The molecule has 2 aromatic rings. The number of anilines is 2. The fraction of sp³-hybridized carbons (Fsp3) is 0.0625. The van der Waals surface area contributed by atoms with Crippen LogP contribution in [0.1, 0.15) is 11.1 Å². The van der Waals surface area contributed by atoms with E-state index < -0.39 is 5.91 Å². The molecule has 100 valence electrons. The van der Waals surface area contributed by atoms with Gasteiger partial charge in [0.05, 0.1) is 0 Å². The molecule has 0 spiro atoms. The maximum atomic E-state index is 11.6. The quantitative estimate of drug-likeness (QED) is 0.649. The minimum atomic E-state index is -0.448. The van der Waals surface area contributed by atoms with E-state index in [-0.39, 0.29) is 6.54 Å². The SMILES string of the molecule is O=C(CN1c2ccccc2C=Cc2ccccc21)NO. The Balaban J connectivity index is 2.15. The van der Waals surface area contributed by atoms with Crippen molar-refractivity contribution in [1.82, 2.24) is 5.48 Å². The van der Waals surface area contributed by atoms with Crippen LogP contribution < -0.4 is 10.4 Å². The summed E-state index contributed by atoms with van der Waals surface area (Å²) in [5.41, 5.74) is 5.65. The lowest BCUT2D eigenvalue weighted by molar-refractivity contribution is -0.127. The number of nitrogens with zero attached hydrogens (tertiary/aromatic N) is 1. The molecule has 2 N–H and O–H groups in total. The van der Waals surface area contributed by atoms with Gasteiger partial charge in [0.2, 0.25) is 0 Å². The Morgan fingerprint density at radius 3 is 1.95 bits per heavy atom. The fourth-order valence-corrected chi connectivity index (χ4v) is 2.41. The van der Waals surface area contributed by atoms with Gasteiger partial charge in [-0.25, -0.2) is 5.48 Å². The number of amides is 1. The predicted octanol–water partition coefficient (Wildman–Crippen LogP) is 2.81. The van der Waals surface area contributed by atoms with Crippen molar-refractivity contribution in [3.05, 3.63) is 59.7 Å². The van der Waals surface area contributed by atoms with Gasteiger partial charge in [-0.15, -0.1) is 0 Å². The molecule has 4 nitrogen and oxygen atoms in total. The summed E-state index contributed by atoms with van der Waals surface area (Å²) < 4.78 is 0. The molecule has 0 saturated heterocycles. The highest BCUT2D eigenvalue weighted by Gasteiger charge is 2.19. The maximum Gasteiger partial charge on any atom is 0.263 e. The van der Waals surface area contributed by atoms with E-state index in [1.807, 2.05) is 65.6 Å². The lowest BCUT2D eigenvalue weighted by atomic mass is 10.1. The molecule has 0 aliphatic carbocycles. The minimum Gasteiger partial charge on any atom is -0.331 e. The van der Waals surface area contributed by atoms with Gasteiger partial charge in [-0.3, -0.25) is 10.0 Å². The van der Waals surface area contributed by atoms with E-state index in [0.717, 1.165) is 22.5 Å². The van der Waals surface area contributed by atoms with E-state index in [1.165, 1.54) is 0 Å². The van der Waals surface area contributed by atoms with Crippen molar-refractivity contribution < 1.29 is 10.0 Å². The number of hydroxylamine groups is 1. The van der Waals surface area contributed by atoms with Gasteiger partial charge < -0.3 is 4.90 Å². The third-order valence-corrected chi connectivity index (χ3v) is 3.32. The second-order valence-electron chi connectivity index (χ2n) is 4.57. The Hall–Kier alpha value is -2.59. The van der Waals surface area contributed by atoms with Crippen LogP contribution in [0.15, 0.2) is 48.5 Å². The molecular formula is C16H14N2O2. The van der Waals surface area contributed by atoms with Gasteiger partial charge in [0.25, 0.3) is 5.91 Å². The number of rotatable bonds is 2. The summed E-state index contributed by atoms with van der Waals surface area (Å²) in [6.45, 7) is 0.0617. The highest BCUT2D eigenvalue weighted by molar-refractivity contribution is 5.92. The zero-order valence-corrected chi connectivity index (χ0v) is 10.8. The first-order chi connectivity index (χ1) is 9.79. The highest BCUT2D eigenvalue weighted by Crippen LogP contribution is 2.35. The first kappa shape index (κ1) is 12.4. The smallest absolute Gasteiger partial charge is 0.263 e. The van der Waals surface area contributed by atoms with E-state index in [4.69, 9.17) is 5.21 Å². The zero-order valence-electron chi connectivity index (χ0n) is 10.8. The van der Waals surface area contributed by atoms with Crippen molar-refractivity contribution in [2.24, 2.45) is 0 Å². The third-order valence-electron chi connectivity index (χ3n) is 3.32. The molecule has 0 saturated carbocycles. The number of fused-ring (bicyclic) bond motifs is 2. The largest absolute Gasteiger partial charge is 0.331 e. The van der Waals surface area contributed by atoms with E-state index in [0.29, 0.717) is 0 Å². The maximum absolute atomic E-state index is 11.6. The second kappa shape index (κ2) is 5.19. The number of carbonyl (C=O) groups excluding carboxylic acids is 1. The number of hydrogen-bond acceptors (Lipinski definition) is 3. The van der Waals surface area contributed by atoms with Crippen LogP contribution in [0.2, 0.25) is 0 Å². The van der Waals surface area contributed by atoms with Crippen LogP contribution >= 0.6 is 0 Å². The van der Waals surface area contributed by atoms with Crippen LogP contribution in [-0.4, -0.2) is 17.7 Å². The van der Waals surface area contributed by atoms with E-state index >= 15 is 0 Å². The van der Waals surface area contributed by atoms with Gasteiger partial charge >= 0.3 is 0 Å². The van der Waals surface area contributed by atoms with Crippen molar-refractivity contribution in [3.8, 4) is 0 Å². The first-order valence-corrected chi connectivity index (χ1v) is 6.36. The molecule has 0 radical (unpaired) electrons. The fourth-order valence-electron chi connectivity index (χ4n) is 2.41. The Kier molecular flexibility index (Phi) is 3.23. The molecule has 0 atom stereocenters. The van der Waals surface area contributed by atoms with E-state index in [9.17, 15) is 4.79 Å². The van der Waals surface area contributed by atoms with Gasteiger partial charge in [-0.05, 0) is 23.3 Å².